The van der Waals surface area contributed by atoms with Crippen LogP contribution < -0.4 is 5.32 Å². The summed E-state index contributed by atoms with van der Waals surface area (Å²) in [5.74, 6) is -0.845. The van der Waals surface area contributed by atoms with Crippen LogP contribution in [0.5, 0.6) is 0 Å². The molecule has 0 aliphatic rings. The number of rotatable bonds is 8. The minimum atomic E-state index is -1.19. The summed E-state index contributed by atoms with van der Waals surface area (Å²) in [5, 5.41) is 40.1. The molecule has 0 aliphatic heterocycles. The lowest BCUT2D eigenvalue weighted by atomic mass is 10.1. The molecule has 8 nitrogen and oxygen atoms in total. The van der Waals surface area contributed by atoms with Gasteiger partial charge in [-0.2, -0.15) is 0 Å². The highest BCUT2D eigenvalue weighted by atomic mass is 127. The molecule has 1 aromatic carbocycles. The van der Waals surface area contributed by atoms with E-state index in [0.717, 1.165) is 4.90 Å². The van der Waals surface area contributed by atoms with Crippen molar-refractivity contribution in [2.24, 2.45) is 0 Å². The quantitative estimate of drug-likeness (QED) is 0.243. The third kappa shape index (κ3) is 6.10. The normalized spacial score (nSPS) is 13.2. The first-order chi connectivity index (χ1) is 12.2. The van der Waals surface area contributed by atoms with Gasteiger partial charge in [-0.1, -0.05) is 0 Å². The molecule has 2 unspecified atom stereocenters. The molecule has 0 saturated carbocycles. The first-order valence-electron chi connectivity index (χ1n) is 7.44. The van der Waals surface area contributed by atoms with Crippen LogP contribution in [-0.2, 0) is 0 Å². The Labute approximate surface area is 191 Å². The van der Waals surface area contributed by atoms with Crippen molar-refractivity contribution in [2.75, 3.05) is 33.4 Å². The van der Waals surface area contributed by atoms with Gasteiger partial charge in [-0.25, -0.2) is 0 Å². The smallest absolute Gasteiger partial charge is 0.256 e. The summed E-state index contributed by atoms with van der Waals surface area (Å²) in [7, 11) is 1.50. The minimum Gasteiger partial charge on any atom is -0.394 e. The number of aliphatic hydroxyl groups is 4. The highest BCUT2D eigenvalue weighted by Crippen LogP contribution is 2.29. The Kier molecular flexibility index (Phi) is 10.5. The number of hydrogen-bond donors (Lipinski definition) is 5. The van der Waals surface area contributed by atoms with Gasteiger partial charge < -0.3 is 30.6 Å². The predicted molar refractivity (Wildman–Crippen MR) is 120 cm³/mol. The molecule has 11 heteroatoms. The molecule has 1 aromatic rings. The van der Waals surface area contributed by atoms with Gasteiger partial charge in [0.2, 0.25) is 0 Å². The fraction of sp³-hybridized carbons (Fsp3) is 0.467. The van der Waals surface area contributed by atoms with E-state index in [2.05, 4.69) is 5.32 Å². The number of nitrogens with one attached hydrogen (secondary N) is 1. The molecule has 0 heterocycles. The highest BCUT2D eigenvalue weighted by Gasteiger charge is 2.28. The van der Waals surface area contributed by atoms with Gasteiger partial charge in [0, 0.05) is 30.8 Å². The molecule has 5 N–H and O–H groups in total. The molecule has 0 bridgehead atoms. The van der Waals surface area contributed by atoms with Gasteiger partial charge in [0.1, 0.15) is 0 Å². The average Bonchev–Trinajstić information content (AvgIpc) is 2.59. The Morgan fingerprint density at radius 1 is 1.04 bits per heavy atom. The maximum Gasteiger partial charge on any atom is 0.256 e. The molecule has 2 atom stereocenters. The van der Waals surface area contributed by atoms with Gasteiger partial charge in [0.25, 0.3) is 11.8 Å². The largest absolute Gasteiger partial charge is 0.394 e. The highest BCUT2D eigenvalue weighted by molar-refractivity contribution is 14.1. The number of halogens is 3. The van der Waals surface area contributed by atoms with Crippen molar-refractivity contribution in [1.29, 1.82) is 0 Å². The topological polar surface area (TPSA) is 130 Å². The zero-order valence-corrected chi connectivity index (χ0v) is 20.2. The van der Waals surface area contributed by atoms with E-state index in [9.17, 15) is 19.8 Å². The van der Waals surface area contributed by atoms with Crippen LogP contribution in [0.1, 0.15) is 20.7 Å². The number of hydrogen-bond acceptors (Lipinski definition) is 6. The predicted octanol–water partition coefficient (Wildman–Crippen LogP) is 0.00860. The minimum absolute atomic E-state index is 0.222. The Bertz CT molecular complexity index is 661. The van der Waals surface area contributed by atoms with Gasteiger partial charge in [0.15, 0.2) is 0 Å². The van der Waals surface area contributed by atoms with Crippen LogP contribution in [0.3, 0.4) is 0 Å². The molecule has 0 spiro atoms. The second-order valence-electron chi connectivity index (χ2n) is 5.37. The van der Waals surface area contributed by atoms with Crippen molar-refractivity contribution < 1.29 is 30.0 Å². The summed E-state index contributed by atoms with van der Waals surface area (Å²) in [6.07, 6.45) is -2.38. The summed E-state index contributed by atoms with van der Waals surface area (Å²) in [6, 6.07) is 1.70. The van der Waals surface area contributed by atoms with Crippen LogP contribution in [0.4, 0.5) is 0 Å². The zero-order chi connectivity index (χ0) is 20.0. The Balaban J connectivity index is 3.39. The lowest BCUT2D eigenvalue weighted by Gasteiger charge is -2.27. The Morgan fingerprint density at radius 2 is 1.50 bits per heavy atom. The lowest BCUT2D eigenvalue weighted by molar-refractivity contribution is 0.0209. The number of aliphatic hydroxyl groups excluding tert-OH is 4. The molecule has 0 radical (unpaired) electrons. The second kappa shape index (κ2) is 11.3. The average molecular weight is 704 g/mol. The number of amides is 2. The van der Waals surface area contributed by atoms with Gasteiger partial charge in [-0.3, -0.25) is 9.59 Å². The Morgan fingerprint density at radius 3 is 1.92 bits per heavy atom. The van der Waals surface area contributed by atoms with E-state index in [4.69, 9.17) is 10.2 Å². The van der Waals surface area contributed by atoms with Crippen molar-refractivity contribution >= 4 is 79.6 Å². The molecule has 1 rings (SSSR count). The zero-order valence-electron chi connectivity index (χ0n) is 13.7. The SMILES string of the molecule is CNC(=O)c1c(I)cc(I)c(C(=O)N(CC(O)CO)CC(O)CO)c1I. The van der Waals surface area contributed by atoms with Crippen molar-refractivity contribution in [1.82, 2.24) is 10.2 Å². The lowest BCUT2D eigenvalue weighted by Crippen LogP contribution is -2.44. The number of carbonyl (C=O) groups excluding carboxylic acids is 2. The summed E-state index contributed by atoms with van der Waals surface area (Å²) in [4.78, 5) is 26.4. The van der Waals surface area contributed by atoms with Gasteiger partial charge in [-0.15, -0.1) is 0 Å². The van der Waals surface area contributed by atoms with Crippen LogP contribution in [0.25, 0.3) is 0 Å². The van der Waals surface area contributed by atoms with Crippen LogP contribution in [0.2, 0.25) is 0 Å². The maximum absolute atomic E-state index is 13.1. The molecule has 0 saturated heterocycles. The summed E-state index contributed by atoms with van der Waals surface area (Å²) < 4.78 is 1.74. The van der Waals surface area contributed by atoms with E-state index in [1.807, 2.05) is 67.8 Å². The van der Waals surface area contributed by atoms with Gasteiger partial charge in [0.05, 0.1) is 36.5 Å². The Hall–Kier alpha value is 0.190. The van der Waals surface area contributed by atoms with Crippen LogP contribution in [0.15, 0.2) is 6.07 Å². The van der Waals surface area contributed by atoms with Gasteiger partial charge in [-0.05, 0) is 73.8 Å². The third-order valence-corrected chi connectivity index (χ3v) is 6.19. The van der Waals surface area contributed by atoms with E-state index >= 15 is 0 Å². The molecular formula is C15H19I3N2O6. The molecular weight excluding hydrogens is 685 g/mol. The fourth-order valence-corrected chi connectivity index (χ4v) is 6.46. The molecule has 0 fully saturated rings. The molecule has 146 valence electrons. The van der Waals surface area contributed by atoms with E-state index in [-0.39, 0.29) is 24.6 Å². The molecule has 0 aromatic heterocycles. The van der Waals surface area contributed by atoms with Crippen LogP contribution in [0, 0.1) is 10.7 Å². The van der Waals surface area contributed by atoms with E-state index in [1.54, 1.807) is 6.07 Å². The van der Waals surface area contributed by atoms with Crippen LogP contribution in [-0.4, -0.2) is 82.7 Å². The molecule has 26 heavy (non-hydrogen) atoms. The first kappa shape index (κ1) is 24.2. The second-order valence-corrected chi connectivity index (χ2v) is 8.77. The van der Waals surface area contributed by atoms with Crippen molar-refractivity contribution in [3.8, 4) is 0 Å². The van der Waals surface area contributed by atoms with Gasteiger partial charge >= 0.3 is 0 Å². The summed E-state index contributed by atoms with van der Waals surface area (Å²) in [6.45, 7) is -1.55. The maximum atomic E-state index is 13.1. The third-order valence-electron chi connectivity index (χ3n) is 3.41. The number of carbonyl (C=O) groups is 2. The summed E-state index contributed by atoms with van der Waals surface area (Å²) >= 11 is 5.93. The number of nitrogens with zero attached hydrogens (tertiary/aromatic N) is 1. The fourth-order valence-electron chi connectivity index (χ4n) is 2.14. The van der Waals surface area contributed by atoms with Crippen LogP contribution >= 0.6 is 67.8 Å². The van der Waals surface area contributed by atoms with E-state index < -0.39 is 31.3 Å². The van der Waals surface area contributed by atoms with Crippen molar-refractivity contribution in [3.63, 3.8) is 0 Å². The monoisotopic (exact) mass is 704 g/mol. The number of benzene rings is 1. The van der Waals surface area contributed by atoms with E-state index in [1.165, 1.54) is 7.05 Å². The molecule has 0 aliphatic carbocycles. The molecule has 2 amide bonds. The standard InChI is InChI=1S/C15H19I3N2O6/c1-19-14(25)11-9(16)2-10(17)12(13(11)18)15(26)20(3-7(23)5-21)4-8(24)6-22/h2,7-8,21-24H,3-6H2,1H3,(H,19,25). The van der Waals surface area contributed by atoms with Crippen molar-refractivity contribution in [2.45, 2.75) is 12.2 Å². The summed E-state index contributed by atoms with van der Waals surface area (Å²) in [5.41, 5.74) is 0.628. The first-order valence-corrected chi connectivity index (χ1v) is 10.7. The van der Waals surface area contributed by atoms with Crippen molar-refractivity contribution in [3.05, 3.63) is 27.9 Å². The van der Waals surface area contributed by atoms with E-state index in [0.29, 0.717) is 16.3 Å².